The molecule has 4 heteroatoms. The fourth-order valence-corrected chi connectivity index (χ4v) is 3.02. The normalized spacial score (nSPS) is 13.0. The minimum absolute atomic E-state index is 0.150. The van der Waals surface area contributed by atoms with E-state index in [0.29, 0.717) is 5.75 Å². The molecule has 1 unspecified atom stereocenters. The molecule has 0 heterocycles. The fraction of sp³-hybridized carbons (Fsp3) is 0.588. The van der Waals surface area contributed by atoms with E-state index < -0.39 is 5.60 Å². The van der Waals surface area contributed by atoms with Crippen LogP contribution >= 0.6 is 11.8 Å². The summed E-state index contributed by atoms with van der Waals surface area (Å²) in [5.41, 5.74) is 3.42. The second-order valence-corrected chi connectivity index (χ2v) is 7.33. The third-order valence-electron chi connectivity index (χ3n) is 3.08. The van der Waals surface area contributed by atoms with E-state index in [9.17, 15) is 4.79 Å². The lowest BCUT2D eigenvalue weighted by molar-refractivity contribution is -0.151. The van der Waals surface area contributed by atoms with Gasteiger partial charge in [0.05, 0.1) is 5.75 Å². The van der Waals surface area contributed by atoms with Gasteiger partial charge in [-0.3, -0.25) is 4.79 Å². The van der Waals surface area contributed by atoms with Gasteiger partial charge in [-0.25, -0.2) is 0 Å². The summed E-state index contributed by atoms with van der Waals surface area (Å²) in [6, 6.07) is 6.73. The lowest BCUT2D eigenvalue weighted by atomic mass is 10.0. The molecule has 0 saturated carbocycles. The molecular weight excluding hydrogens is 282 g/mol. The van der Waals surface area contributed by atoms with Crippen molar-refractivity contribution >= 4 is 17.7 Å². The summed E-state index contributed by atoms with van der Waals surface area (Å²) >= 11 is 1.61. The van der Waals surface area contributed by atoms with E-state index in [1.54, 1.807) is 11.8 Å². The topological polar surface area (TPSA) is 38.3 Å². The molecule has 1 N–H and O–H groups in total. The molecule has 0 spiro atoms. The predicted octanol–water partition coefficient (Wildman–Crippen LogP) is 3.64. The molecule has 0 aliphatic rings. The van der Waals surface area contributed by atoms with Gasteiger partial charge in [0, 0.05) is 11.8 Å². The van der Waals surface area contributed by atoms with Crippen LogP contribution in [0.2, 0.25) is 0 Å². The minimum atomic E-state index is -0.410. The lowest BCUT2D eigenvalue weighted by Gasteiger charge is -2.21. The second-order valence-electron chi connectivity index (χ2n) is 6.30. The Labute approximate surface area is 132 Å². The van der Waals surface area contributed by atoms with Gasteiger partial charge in [0.2, 0.25) is 0 Å². The van der Waals surface area contributed by atoms with Gasteiger partial charge >= 0.3 is 5.97 Å². The van der Waals surface area contributed by atoms with Crippen molar-refractivity contribution in [3.05, 3.63) is 34.9 Å². The van der Waals surface area contributed by atoms with Gasteiger partial charge in [-0.05, 0) is 52.8 Å². The van der Waals surface area contributed by atoms with Gasteiger partial charge in [0.25, 0.3) is 0 Å². The van der Waals surface area contributed by atoms with Crippen LogP contribution in [0.3, 0.4) is 0 Å². The van der Waals surface area contributed by atoms with Crippen LogP contribution in [0, 0.1) is 13.8 Å². The Balaban J connectivity index is 2.56. The summed E-state index contributed by atoms with van der Waals surface area (Å²) in [7, 11) is 1.96. The van der Waals surface area contributed by atoms with E-state index in [2.05, 4.69) is 37.4 Å². The Hall–Kier alpha value is -1.00. The number of aryl methyl sites for hydroxylation is 2. The van der Waals surface area contributed by atoms with Crippen LogP contribution in [0.1, 0.15) is 43.5 Å². The number of esters is 1. The third kappa shape index (κ3) is 6.53. The number of carbonyl (C=O) groups excluding carboxylic acids is 1. The summed E-state index contributed by atoms with van der Waals surface area (Å²) in [6.45, 7) is 9.90. The van der Waals surface area contributed by atoms with Crippen LogP contribution in [-0.2, 0) is 9.53 Å². The molecule has 0 aliphatic heterocycles. The van der Waals surface area contributed by atoms with E-state index in [0.717, 1.165) is 5.75 Å². The van der Waals surface area contributed by atoms with Crippen LogP contribution in [-0.4, -0.2) is 30.1 Å². The zero-order valence-corrected chi connectivity index (χ0v) is 14.8. The maximum Gasteiger partial charge on any atom is 0.316 e. The summed E-state index contributed by atoms with van der Waals surface area (Å²) in [4.78, 5) is 11.7. The predicted molar refractivity (Wildman–Crippen MR) is 90.9 cm³/mol. The maximum absolute atomic E-state index is 11.7. The number of ether oxygens (including phenoxy) is 1. The molecule has 118 valence electrons. The van der Waals surface area contributed by atoms with Crippen molar-refractivity contribution in [1.82, 2.24) is 5.32 Å². The number of nitrogens with one attached hydrogen (secondary N) is 1. The molecule has 0 saturated heterocycles. The van der Waals surface area contributed by atoms with Crippen molar-refractivity contribution < 1.29 is 9.53 Å². The summed E-state index contributed by atoms with van der Waals surface area (Å²) < 4.78 is 5.32. The lowest BCUT2D eigenvalue weighted by Crippen LogP contribution is -2.26. The Morgan fingerprint density at radius 3 is 2.57 bits per heavy atom. The molecule has 0 fully saturated rings. The number of hydrogen-bond donors (Lipinski definition) is 1. The van der Waals surface area contributed by atoms with Crippen molar-refractivity contribution in [2.45, 2.75) is 46.3 Å². The molecule has 1 aromatic rings. The highest BCUT2D eigenvalue weighted by Crippen LogP contribution is 2.23. The van der Waals surface area contributed by atoms with Crippen LogP contribution in [0.4, 0.5) is 0 Å². The van der Waals surface area contributed by atoms with E-state index in [-0.39, 0.29) is 12.0 Å². The van der Waals surface area contributed by atoms with Crippen molar-refractivity contribution in [2.75, 3.05) is 18.6 Å². The summed E-state index contributed by atoms with van der Waals surface area (Å²) in [6.07, 6.45) is 0. The van der Waals surface area contributed by atoms with Crippen LogP contribution in [0.5, 0.6) is 0 Å². The summed E-state index contributed by atoms with van der Waals surface area (Å²) in [5.74, 6) is 1.09. The zero-order valence-electron chi connectivity index (χ0n) is 13.9. The van der Waals surface area contributed by atoms with E-state index >= 15 is 0 Å². The second kappa shape index (κ2) is 7.85. The first-order valence-electron chi connectivity index (χ1n) is 7.27. The standard InChI is InChI=1S/C17H27NO2S/c1-12-7-8-13(2)14(9-12)15(18-6)10-21-11-16(19)20-17(3,4)5/h7-9,15,18H,10-11H2,1-6H3. The van der Waals surface area contributed by atoms with Gasteiger partial charge in [-0.2, -0.15) is 0 Å². The molecule has 0 bridgehead atoms. The van der Waals surface area contributed by atoms with Gasteiger partial charge in [0.1, 0.15) is 5.60 Å². The molecule has 3 nitrogen and oxygen atoms in total. The average Bonchev–Trinajstić information content (AvgIpc) is 2.36. The van der Waals surface area contributed by atoms with Crippen LogP contribution in [0.15, 0.2) is 18.2 Å². The van der Waals surface area contributed by atoms with Crippen molar-refractivity contribution in [2.24, 2.45) is 0 Å². The largest absolute Gasteiger partial charge is 0.459 e. The first-order valence-corrected chi connectivity index (χ1v) is 8.42. The van der Waals surface area contributed by atoms with Crippen molar-refractivity contribution in [3.63, 3.8) is 0 Å². The average molecular weight is 309 g/mol. The van der Waals surface area contributed by atoms with Gasteiger partial charge in [0.15, 0.2) is 0 Å². The molecule has 0 radical (unpaired) electrons. The highest BCUT2D eigenvalue weighted by molar-refractivity contribution is 7.99. The Morgan fingerprint density at radius 2 is 2.00 bits per heavy atom. The quantitative estimate of drug-likeness (QED) is 0.814. The first-order chi connectivity index (χ1) is 9.73. The highest BCUT2D eigenvalue weighted by Gasteiger charge is 2.17. The Kier molecular flexibility index (Phi) is 6.75. The number of hydrogen-bond acceptors (Lipinski definition) is 4. The molecule has 1 atom stereocenters. The first kappa shape index (κ1) is 18.1. The van der Waals surface area contributed by atoms with E-state index in [4.69, 9.17) is 4.74 Å². The van der Waals surface area contributed by atoms with Gasteiger partial charge < -0.3 is 10.1 Å². The molecule has 0 aliphatic carbocycles. The third-order valence-corrected chi connectivity index (χ3v) is 4.09. The molecule has 1 aromatic carbocycles. The molecule has 21 heavy (non-hydrogen) atoms. The molecule has 1 rings (SSSR count). The summed E-state index contributed by atoms with van der Waals surface area (Å²) in [5, 5.41) is 3.34. The fourth-order valence-electron chi connectivity index (χ4n) is 2.10. The monoisotopic (exact) mass is 309 g/mol. The number of benzene rings is 1. The molecule has 0 aromatic heterocycles. The van der Waals surface area contributed by atoms with Crippen molar-refractivity contribution in [1.29, 1.82) is 0 Å². The van der Waals surface area contributed by atoms with Gasteiger partial charge in [-0.1, -0.05) is 23.8 Å². The number of carbonyl (C=O) groups is 1. The smallest absolute Gasteiger partial charge is 0.316 e. The van der Waals surface area contributed by atoms with Gasteiger partial charge in [-0.15, -0.1) is 11.8 Å². The SMILES string of the molecule is CNC(CSCC(=O)OC(C)(C)C)c1cc(C)ccc1C. The highest BCUT2D eigenvalue weighted by atomic mass is 32.2. The molecular formula is C17H27NO2S. The van der Waals surface area contributed by atoms with E-state index in [1.165, 1.54) is 16.7 Å². The van der Waals surface area contributed by atoms with Crippen LogP contribution < -0.4 is 5.32 Å². The van der Waals surface area contributed by atoms with E-state index in [1.807, 2.05) is 27.8 Å². The zero-order chi connectivity index (χ0) is 16.0. The minimum Gasteiger partial charge on any atom is -0.459 e. The molecule has 0 amide bonds. The maximum atomic E-state index is 11.7. The Morgan fingerprint density at radius 1 is 1.33 bits per heavy atom. The van der Waals surface area contributed by atoms with Crippen molar-refractivity contribution in [3.8, 4) is 0 Å². The Bertz CT molecular complexity index is 480. The number of rotatable bonds is 6. The number of thioether (sulfide) groups is 1. The van der Waals surface area contributed by atoms with Crippen LogP contribution in [0.25, 0.3) is 0 Å².